The number of nitrogens with one attached hydrogen (secondary N) is 1. The van der Waals surface area contributed by atoms with Crippen molar-refractivity contribution in [2.75, 3.05) is 33.8 Å². The van der Waals surface area contributed by atoms with Gasteiger partial charge in [-0.1, -0.05) is 18.2 Å². The van der Waals surface area contributed by atoms with Crippen molar-refractivity contribution in [1.82, 2.24) is 14.6 Å². The number of hydrogen-bond acceptors (Lipinski definition) is 10. The number of hydrogen-bond donors (Lipinski definition) is 1. The maximum absolute atomic E-state index is 13.1. The fourth-order valence-corrected chi connectivity index (χ4v) is 5.20. The van der Waals surface area contributed by atoms with Crippen LogP contribution in [-0.4, -0.2) is 48.9 Å². The second-order valence-corrected chi connectivity index (χ2v) is 9.97. The second kappa shape index (κ2) is 11.3. The van der Waals surface area contributed by atoms with E-state index in [4.69, 9.17) is 28.1 Å². The minimum atomic E-state index is -0.351. The lowest BCUT2D eigenvalue weighted by atomic mass is 10.1. The van der Waals surface area contributed by atoms with Crippen molar-refractivity contribution >= 4 is 38.9 Å². The fourth-order valence-electron chi connectivity index (χ4n) is 4.50. The molecule has 12 heteroatoms. The Hall–Kier alpha value is -5.23. The molecule has 0 saturated carbocycles. The number of benzene rings is 3. The molecule has 0 aliphatic rings. The third-order valence-corrected chi connectivity index (χ3v) is 7.38. The smallest absolute Gasteiger partial charge is 0.294 e. The number of anilines is 1. The highest BCUT2D eigenvalue weighted by molar-refractivity contribution is 7.18. The van der Waals surface area contributed by atoms with E-state index in [0.29, 0.717) is 61.4 Å². The van der Waals surface area contributed by atoms with E-state index in [1.165, 1.54) is 25.6 Å². The first-order valence-corrected chi connectivity index (χ1v) is 13.6. The van der Waals surface area contributed by atoms with Crippen LogP contribution >= 0.6 is 11.3 Å². The van der Waals surface area contributed by atoms with Gasteiger partial charge in [-0.2, -0.15) is 0 Å². The van der Waals surface area contributed by atoms with Gasteiger partial charge in [-0.15, -0.1) is 5.10 Å². The first kappa shape index (κ1) is 27.0. The average Bonchev–Trinajstić information content (AvgIpc) is 3.72. The molecule has 0 aliphatic heterocycles. The Kier molecular flexibility index (Phi) is 7.28. The van der Waals surface area contributed by atoms with Gasteiger partial charge in [0.2, 0.25) is 4.96 Å². The Morgan fingerprint density at radius 1 is 0.929 bits per heavy atom. The Labute approximate surface area is 244 Å². The molecule has 0 atom stereocenters. The van der Waals surface area contributed by atoms with Crippen molar-refractivity contribution in [1.29, 1.82) is 0 Å². The molecular formula is C30H26N4O7S. The highest BCUT2D eigenvalue weighted by Gasteiger charge is 2.19. The van der Waals surface area contributed by atoms with Crippen LogP contribution in [0.1, 0.15) is 15.9 Å². The summed E-state index contributed by atoms with van der Waals surface area (Å²) in [6.07, 6.45) is 1.78. The summed E-state index contributed by atoms with van der Waals surface area (Å²) in [6, 6.07) is 18.1. The van der Waals surface area contributed by atoms with Gasteiger partial charge in [0.1, 0.15) is 46.4 Å². The van der Waals surface area contributed by atoms with Crippen LogP contribution in [0, 0.1) is 0 Å². The number of aromatic nitrogens is 3. The molecule has 0 aliphatic carbocycles. The largest absolute Gasteiger partial charge is 0.496 e. The van der Waals surface area contributed by atoms with Gasteiger partial charge in [0.25, 0.3) is 11.1 Å². The molecular weight excluding hydrogens is 560 g/mol. The molecule has 11 nitrogen and oxygen atoms in total. The third-order valence-electron chi connectivity index (χ3n) is 6.49. The third kappa shape index (κ3) is 5.15. The maximum atomic E-state index is 13.1. The molecule has 1 amide bonds. The van der Waals surface area contributed by atoms with Gasteiger partial charge in [0.05, 0.1) is 40.0 Å². The molecule has 3 aromatic heterocycles. The minimum Gasteiger partial charge on any atom is -0.496 e. The van der Waals surface area contributed by atoms with Gasteiger partial charge in [-0.25, -0.2) is 9.50 Å². The Morgan fingerprint density at radius 2 is 1.71 bits per heavy atom. The van der Waals surface area contributed by atoms with Gasteiger partial charge in [0.15, 0.2) is 5.76 Å². The Balaban J connectivity index is 1.23. The molecule has 42 heavy (non-hydrogen) atoms. The number of nitrogens with zero attached hydrogens (tertiary/aromatic N) is 3. The lowest BCUT2D eigenvalue weighted by Gasteiger charge is -2.14. The Morgan fingerprint density at radius 3 is 2.43 bits per heavy atom. The van der Waals surface area contributed by atoms with E-state index in [2.05, 4.69) is 15.4 Å². The number of imidazole rings is 1. The van der Waals surface area contributed by atoms with Crippen molar-refractivity contribution in [2.45, 2.75) is 6.61 Å². The number of amides is 1. The molecule has 3 heterocycles. The number of ether oxygens (including phenoxy) is 5. The first-order valence-electron chi connectivity index (χ1n) is 12.8. The number of carbonyl (C=O) groups is 1. The van der Waals surface area contributed by atoms with Crippen LogP contribution in [0.3, 0.4) is 0 Å². The summed E-state index contributed by atoms with van der Waals surface area (Å²) in [5.41, 5.74) is 2.97. The molecule has 0 bridgehead atoms. The minimum absolute atomic E-state index is 0.231. The van der Waals surface area contributed by atoms with Crippen LogP contribution in [0.4, 0.5) is 5.69 Å². The van der Waals surface area contributed by atoms with Gasteiger partial charge in [-0.3, -0.25) is 4.79 Å². The molecule has 6 aromatic rings. The van der Waals surface area contributed by atoms with Gasteiger partial charge in [0, 0.05) is 17.8 Å². The van der Waals surface area contributed by atoms with E-state index in [-0.39, 0.29) is 12.5 Å². The second-order valence-electron chi connectivity index (χ2n) is 9.05. The predicted octanol–water partition coefficient (Wildman–Crippen LogP) is 6.07. The number of furan rings is 1. The number of fused-ring (bicyclic) bond motifs is 2. The quantitative estimate of drug-likeness (QED) is 0.204. The lowest BCUT2D eigenvalue weighted by molar-refractivity contribution is 0.102. The topological polar surface area (TPSA) is 119 Å². The number of carbonyl (C=O) groups excluding carboxylic acids is 1. The van der Waals surface area contributed by atoms with Crippen LogP contribution in [0.25, 0.3) is 27.4 Å². The molecule has 0 spiro atoms. The first-order chi connectivity index (χ1) is 20.5. The van der Waals surface area contributed by atoms with Gasteiger partial charge >= 0.3 is 0 Å². The van der Waals surface area contributed by atoms with Crippen LogP contribution in [0.5, 0.6) is 28.2 Å². The molecule has 6 rings (SSSR count). The molecule has 0 saturated heterocycles. The van der Waals surface area contributed by atoms with E-state index < -0.39 is 0 Å². The predicted molar refractivity (Wildman–Crippen MR) is 157 cm³/mol. The SMILES string of the molecule is COc1cc(OCc2cccc(NC(=O)c3c(OC)cccc3OC)c2)c2cc(-c3cn4nc(OC)sc4n3)oc2c1. The van der Waals surface area contributed by atoms with Crippen LogP contribution in [0.15, 0.2) is 71.3 Å². The van der Waals surface area contributed by atoms with Crippen molar-refractivity contribution in [3.8, 4) is 39.6 Å². The van der Waals surface area contributed by atoms with Crippen molar-refractivity contribution in [2.24, 2.45) is 0 Å². The summed E-state index contributed by atoms with van der Waals surface area (Å²) < 4.78 is 35.4. The zero-order valence-corrected chi connectivity index (χ0v) is 24.0. The normalized spacial score (nSPS) is 11.0. The molecule has 0 radical (unpaired) electrons. The van der Waals surface area contributed by atoms with E-state index in [1.54, 1.807) is 61.3 Å². The highest BCUT2D eigenvalue weighted by Crippen LogP contribution is 2.38. The summed E-state index contributed by atoms with van der Waals surface area (Å²) in [5, 5.41) is 8.53. The zero-order chi connectivity index (χ0) is 29.2. The standard InChI is InChI=1S/C30H26N4O7S/c1-36-19-12-24(20-14-26(41-25(20)13-19)21-15-34-29(32-21)42-30(33-34)39-4)40-16-17-7-5-8-18(11-17)31-28(35)27-22(37-2)9-6-10-23(27)38-3/h5-15H,16H2,1-4H3,(H,31,35). The van der Waals surface area contributed by atoms with E-state index in [0.717, 1.165) is 10.9 Å². The average molecular weight is 587 g/mol. The zero-order valence-electron chi connectivity index (χ0n) is 23.2. The molecule has 0 fully saturated rings. The summed E-state index contributed by atoms with van der Waals surface area (Å²) in [7, 11) is 6.17. The number of methoxy groups -OCH3 is 4. The summed E-state index contributed by atoms with van der Waals surface area (Å²) in [4.78, 5) is 18.4. The van der Waals surface area contributed by atoms with Crippen molar-refractivity contribution in [3.05, 3.63) is 78.0 Å². The van der Waals surface area contributed by atoms with Crippen LogP contribution in [0.2, 0.25) is 0 Å². The van der Waals surface area contributed by atoms with E-state index >= 15 is 0 Å². The summed E-state index contributed by atoms with van der Waals surface area (Å²) in [6.45, 7) is 0.231. The summed E-state index contributed by atoms with van der Waals surface area (Å²) in [5.74, 6) is 2.21. The van der Waals surface area contributed by atoms with Crippen LogP contribution < -0.4 is 29.0 Å². The van der Waals surface area contributed by atoms with Gasteiger partial charge < -0.3 is 33.4 Å². The van der Waals surface area contributed by atoms with E-state index in [9.17, 15) is 4.79 Å². The van der Waals surface area contributed by atoms with Crippen molar-refractivity contribution in [3.63, 3.8) is 0 Å². The van der Waals surface area contributed by atoms with E-state index in [1.807, 2.05) is 24.3 Å². The van der Waals surface area contributed by atoms with Gasteiger partial charge in [-0.05, 0) is 47.2 Å². The monoisotopic (exact) mass is 586 g/mol. The van der Waals surface area contributed by atoms with Crippen LogP contribution in [-0.2, 0) is 6.61 Å². The Bertz CT molecular complexity index is 1860. The summed E-state index contributed by atoms with van der Waals surface area (Å²) >= 11 is 1.34. The van der Waals surface area contributed by atoms with Crippen molar-refractivity contribution < 1.29 is 32.9 Å². The molecule has 0 unspecified atom stereocenters. The molecule has 214 valence electrons. The fraction of sp³-hybridized carbons (Fsp3) is 0.167. The maximum Gasteiger partial charge on any atom is 0.294 e. The molecule has 3 aromatic carbocycles. The number of rotatable bonds is 10. The highest BCUT2D eigenvalue weighted by atomic mass is 32.1. The lowest BCUT2D eigenvalue weighted by Crippen LogP contribution is -2.14. The molecule has 1 N–H and O–H groups in total.